The second kappa shape index (κ2) is 9.60. The van der Waals surface area contributed by atoms with Crippen LogP contribution in [-0.4, -0.2) is 40.9 Å². The molecule has 0 spiro atoms. The van der Waals surface area contributed by atoms with Gasteiger partial charge in [0.25, 0.3) is 5.91 Å². The number of aromatic nitrogens is 2. The van der Waals surface area contributed by atoms with Gasteiger partial charge in [-0.1, -0.05) is 25.0 Å². The molecule has 1 aliphatic carbocycles. The summed E-state index contributed by atoms with van der Waals surface area (Å²) in [5.74, 6) is -1.48. The summed E-state index contributed by atoms with van der Waals surface area (Å²) in [6.07, 6.45) is 5.27. The van der Waals surface area contributed by atoms with Crippen LogP contribution in [0.1, 0.15) is 43.0 Å². The first kappa shape index (κ1) is 23.4. The number of nitrogens with zero attached hydrogens (tertiary/aromatic N) is 3. The van der Waals surface area contributed by atoms with Crippen LogP contribution in [0, 0.1) is 5.82 Å². The predicted molar refractivity (Wildman–Crippen MR) is 131 cm³/mol. The Balaban J connectivity index is 1.68. The number of primary amides is 1. The summed E-state index contributed by atoms with van der Waals surface area (Å²) < 4.78 is 14.8. The van der Waals surface area contributed by atoms with E-state index in [9.17, 15) is 14.0 Å². The minimum atomic E-state index is -0.811. The third-order valence-corrected chi connectivity index (χ3v) is 6.17. The van der Waals surface area contributed by atoms with E-state index in [2.05, 4.69) is 20.6 Å². The first-order valence-corrected chi connectivity index (χ1v) is 11.2. The molecule has 2 amide bonds. The van der Waals surface area contributed by atoms with Crippen LogP contribution >= 0.6 is 0 Å². The van der Waals surface area contributed by atoms with Crippen molar-refractivity contribution < 1.29 is 14.0 Å². The van der Waals surface area contributed by atoms with Gasteiger partial charge in [0, 0.05) is 31.4 Å². The highest BCUT2D eigenvalue weighted by atomic mass is 19.1. The average Bonchev–Trinajstić information content (AvgIpc) is 2.81. The molecule has 1 fully saturated rings. The Morgan fingerprint density at radius 3 is 2.65 bits per heavy atom. The lowest BCUT2D eigenvalue weighted by atomic mass is 9.91. The number of nitrogens with two attached hydrogens (primary N) is 2. The van der Waals surface area contributed by atoms with Crippen molar-refractivity contribution in [3.63, 3.8) is 0 Å². The van der Waals surface area contributed by atoms with Crippen molar-refractivity contribution in [2.45, 2.75) is 44.7 Å². The summed E-state index contributed by atoms with van der Waals surface area (Å²) in [4.78, 5) is 34.1. The van der Waals surface area contributed by atoms with E-state index in [-0.39, 0.29) is 35.2 Å². The number of amides is 2. The molecule has 0 saturated heterocycles. The Bertz CT molecular complexity index is 1250. The maximum absolute atomic E-state index is 14.8. The molecular weight excluding hydrogens is 437 g/mol. The number of para-hydroxylation sites is 1. The maximum atomic E-state index is 14.8. The third kappa shape index (κ3) is 4.76. The highest BCUT2D eigenvalue weighted by Gasteiger charge is 2.24. The minimum absolute atomic E-state index is 0.00830. The van der Waals surface area contributed by atoms with Gasteiger partial charge in [0.15, 0.2) is 11.6 Å². The minimum Gasteiger partial charge on any atom is -0.365 e. The highest BCUT2D eigenvalue weighted by molar-refractivity contribution is 6.02. The number of pyridine rings is 2. The van der Waals surface area contributed by atoms with Crippen LogP contribution in [0.3, 0.4) is 0 Å². The van der Waals surface area contributed by atoms with Crippen LogP contribution in [-0.2, 0) is 4.79 Å². The van der Waals surface area contributed by atoms with Crippen LogP contribution in [0.15, 0.2) is 36.5 Å². The van der Waals surface area contributed by atoms with Gasteiger partial charge < -0.3 is 27.0 Å². The van der Waals surface area contributed by atoms with Crippen molar-refractivity contribution >= 4 is 45.7 Å². The summed E-state index contributed by atoms with van der Waals surface area (Å²) in [5, 5.41) is 6.90. The number of benzene rings is 1. The normalized spacial score (nSPS) is 17.9. The molecule has 3 aromatic rings. The van der Waals surface area contributed by atoms with Gasteiger partial charge in [0.2, 0.25) is 5.91 Å². The molecule has 1 saturated carbocycles. The first-order valence-electron chi connectivity index (χ1n) is 11.2. The lowest BCUT2D eigenvalue weighted by molar-refractivity contribution is -0.116. The van der Waals surface area contributed by atoms with Crippen LogP contribution in [0.25, 0.3) is 10.9 Å². The van der Waals surface area contributed by atoms with Crippen molar-refractivity contribution in [1.29, 1.82) is 0 Å². The van der Waals surface area contributed by atoms with E-state index in [4.69, 9.17) is 11.5 Å². The molecule has 2 atom stereocenters. The number of fused-ring (bicyclic) bond motifs is 1. The molecule has 0 bridgehead atoms. The topological polar surface area (TPSA) is 139 Å². The van der Waals surface area contributed by atoms with Crippen molar-refractivity contribution in [3.05, 3.63) is 47.9 Å². The molecular formula is C24H28FN7O2. The van der Waals surface area contributed by atoms with Crippen LogP contribution in [0.4, 0.5) is 27.4 Å². The molecule has 1 aromatic carbocycles. The smallest absolute Gasteiger partial charge is 0.252 e. The molecule has 0 aliphatic heterocycles. The zero-order valence-corrected chi connectivity index (χ0v) is 19.1. The number of carbonyl (C=O) groups is 2. The fraction of sp³-hybridized carbons (Fsp3) is 0.333. The fourth-order valence-corrected chi connectivity index (χ4v) is 4.18. The maximum Gasteiger partial charge on any atom is 0.252 e. The van der Waals surface area contributed by atoms with E-state index in [1.54, 1.807) is 19.3 Å². The number of hydrogen-bond acceptors (Lipinski definition) is 7. The molecule has 0 radical (unpaired) electrons. The van der Waals surface area contributed by atoms with Crippen molar-refractivity contribution in [2.24, 2.45) is 11.5 Å². The average molecular weight is 466 g/mol. The van der Waals surface area contributed by atoms with Crippen molar-refractivity contribution in [2.75, 3.05) is 22.6 Å². The summed E-state index contributed by atoms with van der Waals surface area (Å²) in [7, 11) is 1.68. The van der Waals surface area contributed by atoms with E-state index in [1.165, 1.54) is 11.8 Å². The van der Waals surface area contributed by atoms with Gasteiger partial charge >= 0.3 is 0 Å². The number of anilines is 4. The molecule has 2 aromatic heterocycles. The quantitative estimate of drug-likeness (QED) is 0.438. The Morgan fingerprint density at radius 1 is 1.18 bits per heavy atom. The fourth-order valence-electron chi connectivity index (χ4n) is 4.18. The van der Waals surface area contributed by atoms with Gasteiger partial charge in [-0.2, -0.15) is 0 Å². The van der Waals surface area contributed by atoms with Gasteiger partial charge in [-0.05, 0) is 31.0 Å². The summed E-state index contributed by atoms with van der Waals surface area (Å²) >= 11 is 0. The molecule has 6 N–H and O–H groups in total. The lowest BCUT2D eigenvalue weighted by Gasteiger charge is -2.30. The summed E-state index contributed by atoms with van der Waals surface area (Å²) in [6, 6.07) is 8.15. The van der Waals surface area contributed by atoms with Crippen LogP contribution < -0.4 is 27.0 Å². The monoisotopic (exact) mass is 465 g/mol. The van der Waals surface area contributed by atoms with Gasteiger partial charge in [-0.3, -0.25) is 14.6 Å². The second-order valence-electron chi connectivity index (χ2n) is 8.55. The molecule has 178 valence electrons. The van der Waals surface area contributed by atoms with Gasteiger partial charge in [-0.15, -0.1) is 0 Å². The molecule has 34 heavy (non-hydrogen) atoms. The largest absolute Gasteiger partial charge is 0.365 e. The number of rotatable bonds is 6. The molecule has 9 nitrogen and oxygen atoms in total. The number of hydrogen-bond donors (Lipinski definition) is 4. The summed E-state index contributed by atoms with van der Waals surface area (Å²) in [6.45, 7) is 1.48. The highest BCUT2D eigenvalue weighted by Crippen LogP contribution is 2.30. The van der Waals surface area contributed by atoms with E-state index in [1.807, 2.05) is 18.2 Å². The van der Waals surface area contributed by atoms with Crippen molar-refractivity contribution in [1.82, 2.24) is 9.97 Å². The zero-order chi connectivity index (χ0) is 24.4. The van der Waals surface area contributed by atoms with Crippen LogP contribution in [0.2, 0.25) is 0 Å². The van der Waals surface area contributed by atoms with Gasteiger partial charge in [-0.25, -0.2) is 9.37 Å². The Labute approximate surface area is 196 Å². The van der Waals surface area contributed by atoms with E-state index >= 15 is 0 Å². The molecule has 10 heteroatoms. The Hall–Kier alpha value is -3.79. The van der Waals surface area contributed by atoms with Gasteiger partial charge in [0.05, 0.1) is 28.7 Å². The molecule has 2 heterocycles. The van der Waals surface area contributed by atoms with E-state index in [0.29, 0.717) is 16.9 Å². The van der Waals surface area contributed by atoms with Crippen molar-refractivity contribution in [3.8, 4) is 0 Å². The number of carbonyl (C=O) groups excluding carboxylic acids is 2. The van der Waals surface area contributed by atoms with E-state index in [0.717, 1.165) is 37.1 Å². The molecule has 1 aliphatic rings. The zero-order valence-electron chi connectivity index (χ0n) is 19.1. The predicted octanol–water partition coefficient (Wildman–Crippen LogP) is 3.28. The van der Waals surface area contributed by atoms with Crippen LogP contribution in [0.5, 0.6) is 0 Å². The first-order chi connectivity index (χ1) is 16.2. The standard InChI is InChI=1S/C24H28FN7O2/c1-13(33)32(2)20-9-5-6-14-10-15(12-28-21(14)20)29-23-16(22(27)34)11-17(25)24(31-23)30-19-8-4-3-7-18(19)26/h5-6,9-12,18-19H,3-4,7-8,26H2,1-2H3,(H2,27,34)(H2,29,30,31). The van der Waals surface area contributed by atoms with Gasteiger partial charge in [0.1, 0.15) is 5.82 Å². The molecule has 2 unspecified atom stereocenters. The summed E-state index contributed by atoms with van der Waals surface area (Å²) in [5.41, 5.74) is 13.4. The lowest BCUT2D eigenvalue weighted by Crippen LogP contribution is -2.43. The SMILES string of the molecule is CC(=O)N(C)c1cccc2cc(Nc3nc(NC4CCCCC4N)c(F)cc3C(N)=O)cnc12. The molecule has 4 rings (SSSR count). The third-order valence-electron chi connectivity index (χ3n) is 6.17. The number of nitrogens with one attached hydrogen (secondary N) is 2. The van der Waals surface area contributed by atoms with E-state index < -0.39 is 11.7 Å². The Kier molecular flexibility index (Phi) is 6.60. The number of halogens is 1. The Morgan fingerprint density at radius 2 is 1.94 bits per heavy atom. The second-order valence-corrected chi connectivity index (χ2v) is 8.55.